The molecule has 3 heterocycles. The first-order valence-electron chi connectivity index (χ1n) is 11.5. The van der Waals surface area contributed by atoms with Crippen LogP contribution in [0.2, 0.25) is 0 Å². The largest absolute Gasteiger partial charge is 0.462 e. The monoisotopic (exact) mass is 407 g/mol. The highest BCUT2D eigenvalue weighted by Gasteiger charge is 2.65. The molecule has 1 N–H and O–H groups in total. The van der Waals surface area contributed by atoms with Crippen LogP contribution in [-0.2, 0) is 19.0 Å². The molecule has 7 nitrogen and oxygen atoms in total. The average molecular weight is 408 g/mol. The van der Waals surface area contributed by atoms with Gasteiger partial charge in [-0.2, -0.15) is 0 Å². The number of hydrogen-bond donors (Lipinski definition) is 1. The second-order valence-corrected chi connectivity index (χ2v) is 10.2. The third-order valence-corrected chi connectivity index (χ3v) is 8.58. The molecule has 29 heavy (non-hydrogen) atoms. The van der Waals surface area contributed by atoms with Crippen LogP contribution in [-0.4, -0.2) is 74.6 Å². The molecular weight excluding hydrogens is 372 g/mol. The Balaban J connectivity index is 1.23. The molecule has 1 amide bonds. The lowest BCUT2D eigenvalue weighted by atomic mass is 9.53. The number of carbonyl (C=O) groups excluding carboxylic acids is 2. The topological polar surface area (TPSA) is 72.8 Å². The number of carbonyl (C=O) groups is 2. The molecule has 3 saturated heterocycles. The normalized spacial score (nSPS) is 44.2. The van der Waals surface area contributed by atoms with Crippen LogP contribution < -0.4 is 4.90 Å². The molecule has 0 aromatic heterocycles. The van der Waals surface area contributed by atoms with Gasteiger partial charge in [-0.05, 0) is 50.4 Å². The summed E-state index contributed by atoms with van der Waals surface area (Å²) in [6, 6.07) is 0. The Hall–Kier alpha value is -1.34. The Labute approximate surface area is 173 Å². The lowest BCUT2D eigenvalue weighted by molar-refractivity contribution is -0.906. The Bertz CT molecular complexity index is 672. The van der Waals surface area contributed by atoms with Crippen molar-refractivity contribution in [1.82, 2.24) is 4.90 Å². The molecular formula is C22H35N2O5+. The maximum atomic E-state index is 12.8. The summed E-state index contributed by atoms with van der Waals surface area (Å²) in [5.74, 6) is 0.896. The summed E-state index contributed by atoms with van der Waals surface area (Å²) in [6.45, 7) is 9.51. The number of piperazine rings is 1. The molecule has 5 fully saturated rings. The fourth-order valence-electron chi connectivity index (χ4n) is 6.93. The number of epoxide rings is 1. The highest BCUT2D eigenvalue weighted by atomic mass is 16.6. The van der Waals surface area contributed by atoms with Crippen LogP contribution in [0, 0.1) is 23.2 Å². The predicted octanol–water partition coefficient (Wildman–Crippen LogP) is 0.870. The van der Waals surface area contributed by atoms with Crippen LogP contribution >= 0.6 is 0 Å². The van der Waals surface area contributed by atoms with Crippen molar-refractivity contribution >= 4 is 12.1 Å². The molecule has 6 atom stereocenters. The molecule has 5 rings (SSSR count). The van der Waals surface area contributed by atoms with Gasteiger partial charge in [-0.25, -0.2) is 4.79 Å². The summed E-state index contributed by atoms with van der Waals surface area (Å²) >= 11 is 0. The molecule has 0 radical (unpaired) electrons. The first kappa shape index (κ1) is 19.6. The van der Waals surface area contributed by atoms with E-state index in [1.165, 1.54) is 24.2 Å². The van der Waals surface area contributed by atoms with E-state index in [1.54, 1.807) is 4.90 Å². The molecule has 5 aliphatic rings. The number of ether oxygens (including phenoxy) is 3. The summed E-state index contributed by atoms with van der Waals surface area (Å²) in [4.78, 5) is 27.9. The van der Waals surface area contributed by atoms with E-state index in [2.05, 4.69) is 6.92 Å². The Kier molecular flexibility index (Phi) is 4.81. The number of hydrogen-bond acceptors (Lipinski definition) is 5. The molecule has 0 bridgehead atoms. The van der Waals surface area contributed by atoms with Gasteiger partial charge in [-0.15, -0.1) is 0 Å². The molecule has 2 aliphatic carbocycles. The minimum Gasteiger partial charge on any atom is -0.462 e. The van der Waals surface area contributed by atoms with Gasteiger partial charge in [0.15, 0.2) is 0 Å². The molecule has 1 spiro atoms. The molecule has 162 valence electrons. The van der Waals surface area contributed by atoms with Crippen molar-refractivity contribution in [3.8, 4) is 0 Å². The van der Waals surface area contributed by atoms with Crippen LogP contribution in [0.3, 0.4) is 0 Å². The number of nitrogens with one attached hydrogen (secondary N) is 1. The minimum absolute atomic E-state index is 0.00772. The zero-order chi connectivity index (χ0) is 20.2. The molecule has 0 aromatic rings. The number of fused-ring (bicyclic) bond motifs is 3. The van der Waals surface area contributed by atoms with E-state index in [0.29, 0.717) is 31.5 Å². The van der Waals surface area contributed by atoms with Crippen molar-refractivity contribution in [2.45, 2.75) is 57.7 Å². The van der Waals surface area contributed by atoms with Crippen molar-refractivity contribution in [3.05, 3.63) is 0 Å². The molecule has 0 aromatic carbocycles. The van der Waals surface area contributed by atoms with Crippen LogP contribution in [0.15, 0.2) is 0 Å². The van der Waals surface area contributed by atoms with Crippen LogP contribution in [0.4, 0.5) is 4.79 Å². The van der Waals surface area contributed by atoms with E-state index in [-0.39, 0.29) is 35.1 Å². The van der Waals surface area contributed by atoms with E-state index >= 15 is 0 Å². The Morgan fingerprint density at radius 2 is 2.07 bits per heavy atom. The van der Waals surface area contributed by atoms with Crippen LogP contribution in [0.1, 0.15) is 46.0 Å². The van der Waals surface area contributed by atoms with Crippen molar-refractivity contribution < 1.29 is 28.7 Å². The highest BCUT2D eigenvalue weighted by molar-refractivity contribution is 5.75. The van der Waals surface area contributed by atoms with Gasteiger partial charge < -0.3 is 19.1 Å². The summed E-state index contributed by atoms with van der Waals surface area (Å²) < 4.78 is 17.1. The molecule has 7 heteroatoms. The van der Waals surface area contributed by atoms with Gasteiger partial charge in [-0.3, -0.25) is 9.69 Å². The Morgan fingerprint density at radius 1 is 1.31 bits per heavy atom. The Morgan fingerprint density at radius 3 is 2.76 bits per heavy atom. The highest BCUT2D eigenvalue weighted by Crippen LogP contribution is 2.62. The number of rotatable bonds is 3. The first-order valence-corrected chi connectivity index (χ1v) is 11.5. The van der Waals surface area contributed by atoms with Gasteiger partial charge in [0, 0.05) is 5.92 Å². The summed E-state index contributed by atoms with van der Waals surface area (Å²) in [5, 5.41) is 0. The maximum absolute atomic E-state index is 12.8. The first-order chi connectivity index (χ1) is 13.9. The van der Waals surface area contributed by atoms with Gasteiger partial charge in [0.25, 0.3) is 0 Å². The SMILES string of the molecule is CCOC(=O)N1CC[NH+](C[C@@H]2C(=O)O[C@H]3C[C@]4(C)CCC[C@]5(CO5)[C@@H]4C[C@@H]32)CC1. The average Bonchev–Trinajstić information content (AvgIpc) is 3.40. The maximum Gasteiger partial charge on any atom is 0.410 e. The van der Waals surface area contributed by atoms with E-state index in [1.807, 2.05) is 6.92 Å². The number of amides is 1. The van der Waals surface area contributed by atoms with Gasteiger partial charge in [0.2, 0.25) is 0 Å². The minimum atomic E-state index is -0.217. The predicted molar refractivity (Wildman–Crippen MR) is 104 cm³/mol. The summed E-state index contributed by atoms with van der Waals surface area (Å²) in [5.41, 5.74) is 0.357. The van der Waals surface area contributed by atoms with E-state index in [9.17, 15) is 9.59 Å². The van der Waals surface area contributed by atoms with Gasteiger partial charge in [-0.1, -0.05) is 6.92 Å². The lowest BCUT2D eigenvalue weighted by Gasteiger charge is -2.51. The quantitative estimate of drug-likeness (QED) is 0.555. The van der Waals surface area contributed by atoms with Crippen molar-refractivity contribution in [1.29, 1.82) is 0 Å². The van der Waals surface area contributed by atoms with Gasteiger partial charge in [0.1, 0.15) is 12.0 Å². The second kappa shape index (κ2) is 7.12. The van der Waals surface area contributed by atoms with E-state index < -0.39 is 0 Å². The second-order valence-electron chi connectivity index (χ2n) is 10.2. The van der Waals surface area contributed by atoms with Crippen LogP contribution in [0.25, 0.3) is 0 Å². The van der Waals surface area contributed by atoms with E-state index in [0.717, 1.165) is 39.1 Å². The third kappa shape index (κ3) is 3.34. The van der Waals surface area contributed by atoms with Crippen molar-refractivity contribution in [2.75, 3.05) is 45.9 Å². The number of nitrogens with zero attached hydrogens (tertiary/aromatic N) is 1. The molecule has 0 unspecified atom stereocenters. The fourth-order valence-corrected chi connectivity index (χ4v) is 6.93. The van der Waals surface area contributed by atoms with Gasteiger partial charge >= 0.3 is 12.1 Å². The third-order valence-electron chi connectivity index (χ3n) is 8.58. The summed E-state index contributed by atoms with van der Waals surface area (Å²) in [7, 11) is 0. The zero-order valence-corrected chi connectivity index (χ0v) is 17.8. The van der Waals surface area contributed by atoms with Gasteiger partial charge in [0.05, 0.1) is 51.5 Å². The van der Waals surface area contributed by atoms with Crippen LogP contribution in [0.5, 0.6) is 0 Å². The number of quaternary nitrogens is 1. The van der Waals surface area contributed by atoms with Crippen molar-refractivity contribution in [3.63, 3.8) is 0 Å². The smallest absolute Gasteiger partial charge is 0.410 e. The summed E-state index contributed by atoms with van der Waals surface area (Å²) in [6.07, 6.45) is 5.59. The number of esters is 1. The zero-order valence-electron chi connectivity index (χ0n) is 17.8. The van der Waals surface area contributed by atoms with Crippen molar-refractivity contribution in [2.24, 2.45) is 23.2 Å². The van der Waals surface area contributed by atoms with E-state index in [4.69, 9.17) is 14.2 Å². The fraction of sp³-hybridized carbons (Fsp3) is 0.909. The molecule has 2 saturated carbocycles. The molecule has 3 aliphatic heterocycles. The lowest BCUT2D eigenvalue weighted by Crippen LogP contribution is -3.15. The standard InChI is InChI=1S/C22H34N2O5/c1-3-27-20(26)24-9-7-23(8-10-24)13-16-15-11-18-21(2,12-17(15)29-19(16)25)5-4-6-22(18)14-28-22/h15-18H,3-14H2,1-2H3/p+1/t15-,16+,17+,18-,21+,22+/m1/s1.